The van der Waals surface area contributed by atoms with Crippen molar-refractivity contribution in [2.24, 2.45) is 0 Å². The van der Waals surface area contributed by atoms with Crippen LogP contribution in [0.3, 0.4) is 0 Å². The first kappa shape index (κ1) is 14.0. The van der Waals surface area contributed by atoms with Gasteiger partial charge in [0.1, 0.15) is 5.82 Å². The molecule has 0 atom stereocenters. The van der Waals surface area contributed by atoms with Crippen LogP contribution in [0, 0.1) is 12.7 Å². The summed E-state index contributed by atoms with van der Waals surface area (Å²) in [5, 5.41) is 2.89. The number of carbonyl (C=O) groups is 1. The standard InChI is InChI=1S/C13H13FN2OS2/c1-8-15-10(7-19-8)6-16(2)13(17)9-3-4-11(14)12(18)5-9/h3-5,7,18H,6H2,1-2H3. The van der Waals surface area contributed by atoms with Gasteiger partial charge in [-0.15, -0.1) is 24.0 Å². The number of hydrogen-bond donors (Lipinski definition) is 1. The van der Waals surface area contributed by atoms with E-state index in [1.54, 1.807) is 23.3 Å². The van der Waals surface area contributed by atoms with Gasteiger partial charge in [-0.2, -0.15) is 0 Å². The Morgan fingerprint density at radius 1 is 1.53 bits per heavy atom. The summed E-state index contributed by atoms with van der Waals surface area (Å²) in [7, 11) is 1.69. The van der Waals surface area contributed by atoms with Crippen LogP contribution in [-0.2, 0) is 6.54 Å². The lowest BCUT2D eigenvalue weighted by molar-refractivity contribution is 0.0783. The van der Waals surface area contributed by atoms with E-state index in [9.17, 15) is 9.18 Å². The maximum absolute atomic E-state index is 13.1. The molecule has 0 spiro atoms. The number of thiol groups is 1. The Labute approximate surface area is 120 Å². The molecule has 0 aliphatic heterocycles. The third-order valence-electron chi connectivity index (χ3n) is 2.61. The van der Waals surface area contributed by atoms with E-state index in [4.69, 9.17) is 0 Å². The highest BCUT2D eigenvalue weighted by atomic mass is 32.1. The lowest BCUT2D eigenvalue weighted by Crippen LogP contribution is -2.26. The summed E-state index contributed by atoms with van der Waals surface area (Å²) in [5.74, 6) is -0.612. The zero-order valence-corrected chi connectivity index (χ0v) is 12.3. The molecule has 100 valence electrons. The van der Waals surface area contributed by atoms with E-state index >= 15 is 0 Å². The van der Waals surface area contributed by atoms with Crippen LogP contribution < -0.4 is 0 Å². The second-order valence-corrected chi connectivity index (χ2v) is 5.73. The van der Waals surface area contributed by atoms with Crippen molar-refractivity contribution in [3.05, 3.63) is 45.7 Å². The summed E-state index contributed by atoms with van der Waals surface area (Å²) >= 11 is 5.52. The zero-order valence-electron chi connectivity index (χ0n) is 10.6. The molecule has 1 amide bonds. The number of aromatic nitrogens is 1. The van der Waals surface area contributed by atoms with Gasteiger partial charge in [-0.25, -0.2) is 9.37 Å². The molecule has 0 N–H and O–H groups in total. The van der Waals surface area contributed by atoms with Crippen LogP contribution >= 0.6 is 24.0 Å². The van der Waals surface area contributed by atoms with Gasteiger partial charge in [0.2, 0.25) is 0 Å². The first-order chi connectivity index (χ1) is 8.97. The van der Waals surface area contributed by atoms with Gasteiger partial charge in [0, 0.05) is 22.9 Å². The highest BCUT2D eigenvalue weighted by Gasteiger charge is 2.14. The monoisotopic (exact) mass is 296 g/mol. The molecule has 2 aromatic rings. The van der Waals surface area contributed by atoms with Crippen LogP contribution in [0.25, 0.3) is 0 Å². The molecule has 19 heavy (non-hydrogen) atoms. The number of carbonyl (C=O) groups excluding carboxylic acids is 1. The topological polar surface area (TPSA) is 33.2 Å². The predicted molar refractivity (Wildman–Crippen MR) is 76.3 cm³/mol. The molecule has 3 nitrogen and oxygen atoms in total. The largest absolute Gasteiger partial charge is 0.336 e. The third kappa shape index (κ3) is 3.33. The SMILES string of the molecule is Cc1nc(CN(C)C(=O)c2ccc(F)c(S)c2)cs1. The maximum atomic E-state index is 13.1. The Morgan fingerprint density at radius 2 is 2.26 bits per heavy atom. The Kier molecular flexibility index (Phi) is 4.21. The number of nitrogens with zero attached hydrogens (tertiary/aromatic N) is 2. The normalized spacial score (nSPS) is 10.5. The van der Waals surface area contributed by atoms with Gasteiger partial charge in [0.25, 0.3) is 5.91 Å². The molecular weight excluding hydrogens is 283 g/mol. The average Bonchev–Trinajstić information content (AvgIpc) is 2.77. The van der Waals surface area contributed by atoms with Gasteiger partial charge in [0.15, 0.2) is 0 Å². The number of amides is 1. The molecule has 0 saturated heterocycles. The summed E-state index contributed by atoms with van der Waals surface area (Å²) < 4.78 is 13.1. The van der Waals surface area contributed by atoms with Gasteiger partial charge in [0.05, 0.1) is 17.2 Å². The van der Waals surface area contributed by atoms with E-state index in [0.29, 0.717) is 12.1 Å². The van der Waals surface area contributed by atoms with Gasteiger partial charge in [-0.1, -0.05) is 0 Å². The van der Waals surface area contributed by atoms with E-state index in [0.717, 1.165) is 10.7 Å². The Hall–Kier alpha value is -1.40. The highest BCUT2D eigenvalue weighted by molar-refractivity contribution is 7.80. The molecule has 0 aliphatic carbocycles. The molecule has 0 radical (unpaired) electrons. The molecule has 0 aliphatic rings. The third-order valence-corrected chi connectivity index (χ3v) is 3.77. The molecule has 2 rings (SSSR count). The summed E-state index contributed by atoms with van der Waals surface area (Å²) in [6.45, 7) is 2.35. The van der Waals surface area contributed by atoms with E-state index in [1.165, 1.54) is 18.2 Å². The van der Waals surface area contributed by atoms with Gasteiger partial charge >= 0.3 is 0 Å². The molecule has 0 bridgehead atoms. The van der Waals surface area contributed by atoms with E-state index < -0.39 is 5.82 Å². The molecule has 0 fully saturated rings. The quantitative estimate of drug-likeness (QED) is 0.883. The number of hydrogen-bond acceptors (Lipinski definition) is 4. The smallest absolute Gasteiger partial charge is 0.253 e. The Bertz CT molecular complexity index is 612. The average molecular weight is 296 g/mol. The molecule has 0 unspecified atom stereocenters. The Balaban J connectivity index is 2.12. The lowest BCUT2D eigenvalue weighted by atomic mass is 10.2. The fraction of sp³-hybridized carbons (Fsp3) is 0.231. The van der Waals surface area contributed by atoms with Gasteiger partial charge in [-0.3, -0.25) is 4.79 Å². The minimum absolute atomic E-state index is 0.170. The number of aryl methyl sites for hydroxylation is 1. The number of rotatable bonds is 3. The summed E-state index contributed by atoms with van der Waals surface area (Å²) in [4.78, 5) is 18.2. The Morgan fingerprint density at radius 3 is 2.84 bits per heavy atom. The first-order valence-corrected chi connectivity index (χ1v) is 6.95. The molecule has 1 aromatic heterocycles. The maximum Gasteiger partial charge on any atom is 0.253 e. The summed E-state index contributed by atoms with van der Waals surface area (Å²) in [6.07, 6.45) is 0. The van der Waals surface area contributed by atoms with Crippen molar-refractivity contribution in [2.45, 2.75) is 18.4 Å². The fourth-order valence-corrected chi connectivity index (χ4v) is 2.48. The van der Waals surface area contributed by atoms with Crippen molar-refractivity contribution in [3.63, 3.8) is 0 Å². The summed E-state index contributed by atoms with van der Waals surface area (Å²) in [6, 6.07) is 4.14. The molecular formula is C13H13FN2OS2. The lowest BCUT2D eigenvalue weighted by Gasteiger charge is -2.16. The van der Waals surface area contributed by atoms with E-state index in [1.807, 2.05) is 12.3 Å². The molecule has 0 saturated carbocycles. The van der Waals surface area contributed by atoms with E-state index in [-0.39, 0.29) is 10.8 Å². The zero-order chi connectivity index (χ0) is 14.0. The van der Waals surface area contributed by atoms with Crippen molar-refractivity contribution >= 4 is 29.9 Å². The van der Waals surface area contributed by atoms with Gasteiger partial charge in [-0.05, 0) is 25.1 Å². The first-order valence-electron chi connectivity index (χ1n) is 5.62. The minimum Gasteiger partial charge on any atom is -0.336 e. The minimum atomic E-state index is -0.433. The molecule has 1 heterocycles. The number of halogens is 1. The van der Waals surface area contributed by atoms with Crippen molar-refractivity contribution in [1.82, 2.24) is 9.88 Å². The fourth-order valence-electron chi connectivity index (χ4n) is 1.66. The number of thiazole rings is 1. The van der Waals surface area contributed by atoms with Crippen LogP contribution in [0.15, 0.2) is 28.5 Å². The molecule has 1 aromatic carbocycles. The van der Waals surface area contributed by atoms with Crippen LogP contribution in [0.5, 0.6) is 0 Å². The molecule has 6 heteroatoms. The van der Waals surface area contributed by atoms with Crippen molar-refractivity contribution < 1.29 is 9.18 Å². The second-order valence-electron chi connectivity index (χ2n) is 4.19. The van der Waals surface area contributed by atoms with Crippen LogP contribution in [0.2, 0.25) is 0 Å². The number of benzene rings is 1. The second kappa shape index (κ2) is 5.71. The highest BCUT2D eigenvalue weighted by Crippen LogP contribution is 2.16. The predicted octanol–water partition coefficient (Wildman–Crippen LogP) is 3.15. The summed E-state index contributed by atoms with van der Waals surface area (Å²) in [5.41, 5.74) is 1.27. The van der Waals surface area contributed by atoms with Crippen LogP contribution in [-0.4, -0.2) is 22.8 Å². The van der Waals surface area contributed by atoms with Gasteiger partial charge < -0.3 is 4.90 Å². The van der Waals surface area contributed by atoms with Crippen LogP contribution in [0.1, 0.15) is 21.1 Å². The van der Waals surface area contributed by atoms with E-state index in [2.05, 4.69) is 17.6 Å². The van der Waals surface area contributed by atoms with Crippen molar-refractivity contribution in [3.8, 4) is 0 Å². The van der Waals surface area contributed by atoms with Crippen LogP contribution in [0.4, 0.5) is 4.39 Å². The van der Waals surface area contributed by atoms with Crippen molar-refractivity contribution in [2.75, 3.05) is 7.05 Å². The van der Waals surface area contributed by atoms with Crippen molar-refractivity contribution in [1.29, 1.82) is 0 Å².